The van der Waals surface area contributed by atoms with Crippen LogP contribution in [-0.4, -0.2) is 25.1 Å². The molecular weight excluding hydrogens is 352 g/mol. The van der Waals surface area contributed by atoms with Gasteiger partial charge in [0, 0.05) is 23.9 Å². The summed E-state index contributed by atoms with van der Waals surface area (Å²) in [5.41, 5.74) is 1.75. The Morgan fingerprint density at radius 1 is 1.13 bits per heavy atom. The lowest BCUT2D eigenvalue weighted by molar-refractivity contribution is 0.475. The molecule has 0 bridgehead atoms. The van der Waals surface area contributed by atoms with Crippen LogP contribution >= 0.6 is 22.7 Å². The maximum Gasteiger partial charge on any atom is 0.250 e. The number of rotatable bonds is 6. The number of benzene rings is 1. The molecular formula is C15H14N2O3S3. The molecule has 2 heterocycles. The van der Waals surface area contributed by atoms with E-state index >= 15 is 0 Å². The minimum Gasteiger partial charge on any atom is -0.508 e. The Morgan fingerprint density at radius 2 is 1.91 bits per heavy atom. The fourth-order valence-corrected chi connectivity index (χ4v) is 4.85. The van der Waals surface area contributed by atoms with Gasteiger partial charge in [0.15, 0.2) is 0 Å². The van der Waals surface area contributed by atoms with Crippen molar-refractivity contribution in [2.75, 3.05) is 6.54 Å². The third kappa shape index (κ3) is 3.97. The molecule has 0 aliphatic rings. The van der Waals surface area contributed by atoms with E-state index in [9.17, 15) is 13.5 Å². The number of sulfonamides is 1. The first-order valence-corrected chi connectivity index (χ1v) is 10.1. The summed E-state index contributed by atoms with van der Waals surface area (Å²) in [4.78, 5) is 4.50. The van der Waals surface area contributed by atoms with E-state index in [0.29, 0.717) is 17.2 Å². The highest BCUT2D eigenvalue weighted by atomic mass is 32.2. The summed E-state index contributed by atoms with van der Waals surface area (Å²) in [5, 5.41) is 13.8. The van der Waals surface area contributed by atoms with Crippen molar-refractivity contribution in [3.63, 3.8) is 0 Å². The van der Waals surface area contributed by atoms with Crippen molar-refractivity contribution in [2.24, 2.45) is 0 Å². The molecule has 0 saturated carbocycles. The van der Waals surface area contributed by atoms with Gasteiger partial charge in [0.05, 0.1) is 10.7 Å². The molecule has 8 heteroatoms. The zero-order valence-electron chi connectivity index (χ0n) is 12.0. The van der Waals surface area contributed by atoms with Crippen LogP contribution in [-0.2, 0) is 16.4 Å². The zero-order chi connectivity index (χ0) is 16.3. The van der Waals surface area contributed by atoms with Crippen LogP contribution in [0, 0.1) is 0 Å². The van der Waals surface area contributed by atoms with E-state index in [0.717, 1.165) is 16.3 Å². The van der Waals surface area contributed by atoms with Gasteiger partial charge in [0.1, 0.15) is 9.96 Å². The third-order valence-corrected chi connectivity index (χ3v) is 6.87. The SMILES string of the molecule is O=S(=O)(NCCc1nc(-c2ccc(O)cc2)cs1)c1cccs1. The molecule has 23 heavy (non-hydrogen) atoms. The Labute approximate surface area is 142 Å². The molecule has 0 aliphatic carbocycles. The van der Waals surface area contributed by atoms with Crippen LogP contribution in [0.15, 0.2) is 51.4 Å². The second-order valence-corrected chi connectivity index (χ2v) is 8.64. The number of thiophene rings is 1. The number of thiazole rings is 1. The lowest BCUT2D eigenvalue weighted by atomic mass is 10.2. The molecule has 3 rings (SSSR count). The van der Waals surface area contributed by atoms with Crippen molar-refractivity contribution in [3.8, 4) is 17.0 Å². The van der Waals surface area contributed by atoms with Crippen molar-refractivity contribution in [2.45, 2.75) is 10.6 Å². The normalized spacial score (nSPS) is 11.7. The van der Waals surface area contributed by atoms with E-state index in [1.54, 1.807) is 41.8 Å². The number of nitrogens with one attached hydrogen (secondary N) is 1. The van der Waals surface area contributed by atoms with E-state index in [1.807, 2.05) is 5.38 Å². The molecule has 0 spiro atoms. The van der Waals surface area contributed by atoms with Gasteiger partial charge in [-0.05, 0) is 35.7 Å². The number of hydrogen-bond acceptors (Lipinski definition) is 6. The quantitative estimate of drug-likeness (QED) is 0.703. The molecule has 5 nitrogen and oxygen atoms in total. The number of hydrogen-bond donors (Lipinski definition) is 2. The van der Waals surface area contributed by atoms with Crippen molar-refractivity contribution in [1.82, 2.24) is 9.71 Å². The number of phenols is 1. The Bertz CT molecular complexity index is 869. The predicted molar refractivity (Wildman–Crippen MR) is 92.4 cm³/mol. The molecule has 0 unspecified atom stereocenters. The molecule has 3 aromatic rings. The Morgan fingerprint density at radius 3 is 2.61 bits per heavy atom. The zero-order valence-corrected chi connectivity index (χ0v) is 14.4. The molecule has 2 aromatic heterocycles. The molecule has 0 amide bonds. The van der Waals surface area contributed by atoms with Crippen LogP contribution in [0.1, 0.15) is 5.01 Å². The van der Waals surface area contributed by atoms with Crippen LogP contribution < -0.4 is 4.72 Å². The highest BCUT2D eigenvalue weighted by Crippen LogP contribution is 2.24. The molecule has 0 fully saturated rings. The van der Waals surface area contributed by atoms with Gasteiger partial charge in [0.2, 0.25) is 10.0 Å². The van der Waals surface area contributed by atoms with Gasteiger partial charge >= 0.3 is 0 Å². The minimum atomic E-state index is -3.42. The first-order valence-electron chi connectivity index (χ1n) is 6.81. The van der Waals surface area contributed by atoms with Crippen LogP contribution in [0.2, 0.25) is 0 Å². The van der Waals surface area contributed by atoms with Gasteiger partial charge in [-0.25, -0.2) is 18.1 Å². The second-order valence-electron chi connectivity index (χ2n) is 4.75. The number of phenolic OH excluding ortho intramolecular Hbond substituents is 1. The largest absolute Gasteiger partial charge is 0.508 e. The molecule has 1 aromatic carbocycles. The molecule has 120 valence electrons. The van der Waals surface area contributed by atoms with Gasteiger partial charge in [-0.15, -0.1) is 22.7 Å². The third-order valence-electron chi connectivity index (χ3n) is 3.11. The van der Waals surface area contributed by atoms with Gasteiger partial charge < -0.3 is 5.11 Å². The molecule has 0 saturated heterocycles. The fourth-order valence-electron chi connectivity index (χ4n) is 1.97. The maximum atomic E-state index is 12.0. The highest BCUT2D eigenvalue weighted by Gasteiger charge is 2.14. The minimum absolute atomic E-state index is 0.215. The number of aromatic hydroxyl groups is 1. The molecule has 0 aliphatic heterocycles. The van der Waals surface area contributed by atoms with E-state index in [-0.39, 0.29) is 5.75 Å². The van der Waals surface area contributed by atoms with E-state index in [4.69, 9.17) is 0 Å². The lowest BCUT2D eigenvalue weighted by Gasteiger charge is -2.02. The number of aromatic nitrogens is 1. The Hall–Kier alpha value is -1.74. The summed E-state index contributed by atoms with van der Waals surface area (Å²) in [6.45, 7) is 0.308. The van der Waals surface area contributed by atoms with Gasteiger partial charge in [0.25, 0.3) is 0 Å². The second kappa shape index (κ2) is 6.79. The number of nitrogens with zero attached hydrogens (tertiary/aromatic N) is 1. The van der Waals surface area contributed by atoms with Crippen LogP contribution in [0.5, 0.6) is 5.75 Å². The first-order chi connectivity index (χ1) is 11.0. The van der Waals surface area contributed by atoms with E-state index < -0.39 is 10.0 Å². The first kappa shape index (κ1) is 16.1. The lowest BCUT2D eigenvalue weighted by Crippen LogP contribution is -2.25. The maximum absolute atomic E-state index is 12.0. The van der Waals surface area contributed by atoms with Crippen LogP contribution in [0.3, 0.4) is 0 Å². The summed E-state index contributed by atoms with van der Waals surface area (Å²) in [5.74, 6) is 0.215. The topological polar surface area (TPSA) is 79.3 Å². The Balaban J connectivity index is 1.61. The van der Waals surface area contributed by atoms with Crippen molar-refractivity contribution in [1.29, 1.82) is 0 Å². The van der Waals surface area contributed by atoms with E-state index in [2.05, 4.69) is 9.71 Å². The molecule has 0 radical (unpaired) electrons. The summed E-state index contributed by atoms with van der Waals surface area (Å²) < 4.78 is 26.9. The summed E-state index contributed by atoms with van der Waals surface area (Å²) in [7, 11) is -3.42. The average molecular weight is 366 g/mol. The summed E-state index contributed by atoms with van der Waals surface area (Å²) in [6.07, 6.45) is 0.535. The monoisotopic (exact) mass is 366 g/mol. The van der Waals surface area contributed by atoms with Gasteiger partial charge in [-0.2, -0.15) is 0 Å². The standard InChI is InChI=1S/C15H14N2O3S3/c18-12-5-3-11(4-6-12)13-10-22-14(17-13)7-8-16-23(19,20)15-2-1-9-21-15/h1-6,9-10,16,18H,7-8H2. The summed E-state index contributed by atoms with van der Waals surface area (Å²) in [6, 6.07) is 10.1. The van der Waals surface area contributed by atoms with E-state index in [1.165, 1.54) is 22.7 Å². The van der Waals surface area contributed by atoms with Crippen molar-refractivity contribution in [3.05, 3.63) is 52.2 Å². The molecule has 0 atom stereocenters. The highest BCUT2D eigenvalue weighted by molar-refractivity contribution is 7.91. The van der Waals surface area contributed by atoms with Gasteiger partial charge in [-0.1, -0.05) is 6.07 Å². The summed E-state index contributed by atoms with van der Waals surface area (Å²) >= 11 is 2.69. The average Bonchev–Trinajstić information content (AvgIpc) is 3.19. The fraction of sp³-hybridized carbons (Fsp3) is 0.133. The van der Waals surface area contributed by atoms with Crippen LogP contribution in [0.25, 0.3) is 11.3 Å². The smallest absolute Gasteiger partial charge is 0.250 e. The van der Waals surface area contributed by atoms with Crippen LogP contribution in [0.4, 0.5) is 0 Å². The molecule has 2 N–H and O–H groups in total. The van der Waals surface area contributed by atoms with Crippen molar-refractivity contribution >= 4 is 32.7 Å². The van der Waals surface area contributed by atoms with Crippen molar-refractivity contribution < 1.29 is 13.5 Å². The van der Waals surface area contributed by atoms with Gasteiger partial charge in [-0.3, -0.25) is 0 Å². The Kier molecular flexibility index (Phi) is 4.76. The predicted octanol–water partition coefficient (Wildman–Crippen LogP) is 3.10.